The van der Waals surface area contributed by atoms with Gasteiger partial charge >= 0.3 is 0 Å². The lowest BCUT2D eigenvalue weighted by atomic mass is 10.3. The van der Waals surface area contributed by atoms with Gasteiger partial charge in [0, 0.05) is 0 Å². The number of rotatable bonds is 0. The van der Waals surface area contributed by atoms with Crippen LogP contribution >= 0.6 is 63.7 Å². The van der Waals surface area contributed by atoms with E-state index in [9.17, 15) is 0 Å². The smallest absolute Gasteiger partial charge is 0.0658 e. The summed E-state index contributed by atoms with van der Waals surface area (Å²) >= 11 is 13.3. The molecule has 0 bridgehead atoms. The van der Waals surface area contributed by atoms with Gasteiger partial charge in [-0.3, -0.25) is 0 Å². The molecular weight excluding hydrogens is 420 g/mol. The van der Waals surface area contributed by atoms with E-state index in [1.807, 2.05) is 0 Å². The number of nitrogens with two attached hydrogens (primary N) is 2. The second-order valence-electron chi connectivity index (χ2n) is 2.08. The highest BCUT2D eigenvalue weighted by molar-refractivity contribution is 9.14. The van der Waals surface area contributed by atoms with Crippen LogP contribution in [0.5, 0.6) is 0 Å². The van der Waals surface area contributed by atoms with E-state index in [-0.39, 0.29) is 0 Å². The minimum Gasteiger partial charge on any atom is -0.397 e. The van der Waals surface area contributed by atoms with E-state index in [1.54, 1.807) is 0 Å². The molecule has 0 heterocycles. The molecule has 0 saturated carbocycles. The van der Waals surface area contributed by atoms with Crippen LogP contribution in [0.2, 0.25) is 0 Å². The molecule has 4 N–H and O–H groups in total. The van der Waals surface area contributed by atoms with E-state index in [0.29, 0.717) is 15.8 Å². The first-order valence-corrected chi connectivity index (χ1v) is 6.01. The largest absolute Gasteiger partial charge is 0.397 e. The summed E-state index contributed by atoms with van der Waals surface area (Å²) in [6.45, 7) is 0. The van der Waals surface area contributed by atoms with E-state index in [0.717, 1.165) is 13.4 Å². The van der Waals surface area contributed by atoms with Crippen molar-refractivity contribution in [3.63, 3.8) is 0 Å². The lowest BCUT2D eigenvalue weighted by Gasteiger charge is -2.09. The third-order valence-corrected chi connectivity index (χ3v) is 5.69. The zero-order chi connectivity index (χ0) is 9.46. The molecule has 0 aliphatic rings. The molecule has 0 spiro atoms. The molecule has 0 atom stereocenters. The Morgan fingerprint density at radius 2 is 0.917 bits per heavy atom. The van der Waals surface area contributed by atoms with Crippen molar-refractivity contribution in [3.8, 4) is 0 Å². The zero-order valence-corrected chi connectivity index (χ0v) is 12.0. The van der Waals surface area contributed by atoms with Crippen molar-refractivity contribution in [1.29, 1.82) is 0 Å². The molecule has 0 radical (unpaired) electrons. The van der Waals surface area contributed by atoms with Gasteiger partial charge in [0.2, 0.25) is 0 Å². The summed E-state index contributed by atoms with van der Waals surface area (Å²) in [5.41, 5.74) is 12.6. The number of hydrogen-bond acceptors (Lipinski definition) is 2. The SMILES string of the molecule is Nc1c(Br)c(N)c(Br)c(Br)c1Br. The van der Waals surface area contributed by atoms with E-state index in [4.69, 9.17) is 11.5 Å². The van der Waals surface area contributed by atoms with Crippen LogP contribution in [0.1, 0.15) is 0 Å². The van der Waals surface area contributed by atoms with Crippen molar-refractivity contribution in [2.45, 2.75) is 0 Å². The van der Waals surface area contributed by atoms with Crippen molar-refractivity contribution in [2.75, 3.05) is 11.5 Å². The fraction of sp³-hybridized carbons (Fsp3) is 0. The number of anilines is 2. The van der Waals surface area contributed by atoms with Crippen LogP contribution in [-0.2, 0) is 0 Å². The second-order valence-corrected chi connectivity index (χ2v) is 5.26. The Labute approximate surface area is 104 Å². The number of halogens is 4. The maximum atomic E-state index is 5.73. The van der Waals surface area contributed by atoms with Crippen LogP contribution < -0.4 is 11.5 Å². The minimum absolute atomic E-state index is 0.586. The van der Waals surface area contributed by atoms with Crippen molar-refractivity contribution in [3.05, 3.63) is 17.9 Å². The molecule has 12 heavy (non-hydrogen) atoms. The Hall–Kier alpha value is 0.740. The fourth-order valence-electron chi connectivity index (χ4n) is 0.671. The quantitative estimate of drug-likeness (QED) is 0.378. The summed E-state index contributed by atoms with van der Waals surface area (Å²) in [7, 11) is 0. The van der Waals surface area contributed by atoms with Crippen molar-refractivity contribution in [2.24, 2.45) is 0 Å². The average Bonchev–Trinajstić information content (AvgIpc) is 2.08. The monoisotopic (exact) mass is 420 g/mol. The minimum atomic E-state index is 0.586. The summed E-state index contributed by atoms with van der Waals surface area (Å²) in [5, 5.41) is 0. The van der Waals surface area contributed by atoms with Crippen LogP contribution in [0.15, 0.2) is 17.9 Å². The van der Waals surface area contributed by atoms with Gasteiger partial charge in [-0.2, -0.15) is 0 Å². The fourth-order valence-corrected chi connectivity index (χ4v) is 3.09. The number of hydrogen-bond donors (Lipinski definition) is 2. The van der Waals surface area contributed by atoms with Crippen molar-refractivity contribution < 1.29 is 0 Å². The highest BCUT2D eigenvalue weighted by Crippen LogP contribution is 2.44. The Morgan fingerprint density at radius 1 is 0.583 bits per heavy atom. The molecule has 0 saturated heterocycles. The highest BCUT2D eigenvalue weighted by Gasteiger charge is 2.14. The molecule has 2 nitrogen and oxygen atoms in total. The van der Waals surface area contributed by atoms with Gasteiger partial charge in [0.05, 0.1) is 29.3 Å². The van der Waals surface area contributed by atoms with Crippen LogP contribution in [-0.4, -0.2) is 0 Å². The van der Waals surface area contributed by atoms with Crippen molar-refractivity contribution >= 4 is 75.1 Å². The van der Waals surface area contributed by atoms with Gasteiger partial charge in [-0.05, 0) is 63.7 Å². The summed E-state index contributed by atoms with van der Waals surface area (Å²) in [4.78, 5) is 0. The molecule has 0 aromatic heterocycles. The van der Waals surface area contributed by atoms with Gasteiger partial charge in [0.1, 0.15) is 0 Å². The third-order valence-electron chi connectivity index (χ3n) is 1.33. The molecule has 6 heteroatoms. The van der Waals surface area contributed by atoms with Gasteiger partial charge in [0.15, 0.2) is 0 Å². The third kappa shape index (κ3) is 1.66. The van der Waals surface area contributed by atoms with Crippen LogP contribution in [0.4, 0.5) is 11.4 Å². The van der Waals surface area contributed by atoms with Gasteiger partial charge in [-0.15, -0.1) is 0 Å². The average molecular weight is 424 g/mol. The summed E-state index contributed by atoms with van der Waals surface area (Å²) in [6, 6.07) is 0. The van der Waals surface area contributed by atoms with Crippen molar-refractivity contribution in [1.82, 2.24) is 0 Å². The Morgan fingerprint density at radius 3 is 1.25 bits per heavy atom. The maximum Gasteiger partial charge on any atom is 0.0658 e. The molecule has 0 aliphatic carbocycles. The van der Waals surface area contributed by atoms with E-state index in [2.05, 4.69) is 63.7 Å². The van der Waals surface area contributed by atoms with E-state index in [1.165, 1.54) is 0 Å². The number of benzene rings is 1. The Kier molecular flexibility index (Phi) is 3.48. The first kappa shape index (κ1) is 10.8. The van der Waals surface area contributed by atoms with E-state index >= 15 is 0 Å². The summed E-state index contributed by atoms with van der Waals surface area (Å²) in [5.74, 6) is 0. The normalized spacial score (nSPS) is 10.3. The Bertz CT molecular complexity index is 232. The van der Waals surface area contributed by atoms with Crippen LogP contribution in [0.3, 0.4) is 0 Å². The standard InChI is InChI=1S/C6H4Br4N2/c7-1-2(8)5(11)4(10)6(12)3(1)9/h11-12H2. The van der Waals surface area contributed by atoms with Crippen LogP contribution in [0.25, 0.3) is 0 Å². The predicted octanol–water partition coefficient (Wildman–Crippen LogP) is 3.90. The molecule has 66 valence electrons. The van der Waals surface area contributed by atoms with Gasteiger partial charge in [-0.25, -0.2) is 0 Å². The van der Waals surface area contributed by atoms with Gasteiger partial charge < -0.3 is 11.5 Å². The summed E-state index contributed by atoms with van der Waals surface area (Å²) < 4.78 is 3.09. The van der Waals surface area contributed by atoms with Gasteiger partial charge in [0.25, 0.3) is 0 Å². The molecule has 1 rings (SSSR count). The molecule has 0 amide bonds. The lowest BCUT2D eigenvalue weighted by Crippen LogP contribution is -1.96. The van der Waals surface area contributed by atoms with Gasteiger partial charge in [-0.1, -0.05) is 0 Å². The molecule has 0 unspecified atom stereocenters. The first-order chi connectivity index (χ1) is 5.46. The highest BCUT2D eigenvalue weighted by atomic mass is 79.9. The molecular formula is C6H4Br4N2. The van der Waals surface area contributed by atoms with Crippen LogP contribution in [0, 0.1) is 0 Å². The molecule has 1 aromatic rings. The summed E-state index contributed by atoms with van der Waals surface area (Å²) in [6.07, 6.45) is 0. The number of nitrogen functional groups attached to an aromatic ring is 2. The molecule has 1 aromatic carbocycles. The predicted molar refractivity (Wildman–Crippen MR) is 66.1 cm³/mol. The molecule has 0 fully saturated rings. The first-order valence-electron chi connectivity index (χ1n) is 2.83. The lowest BCUT2D eigenvalue weighted by molar-refractivity contribution is 1.50. The molecule has 0 aliphatic heterocycles. The topological polar surface area (TPSA) is 52.0 Å². The second kappa shape index (κ2) is 3.86. The van der Waals surface area contributed by atoms with E-state index < -0.39 is 0 Å². The zero-order valence-electron chi connectivity index (χ0n) is 5.67. The Balaban J connectivity index is 3.60. The maximum absolute atomic E-state index is 5.73.